The number of hydrogen-bond acceptors (Lipinski definition) is 3. The van der Waals surface area contributed by atoms with Gasteiger partial charge in [-0.15, -0.1) is 0 Å². The first-order chi connectivity index (χ1) is 11.3. The molecule has 3 rings (SSSR count). The van der Waals surface area contributed by atoms with Crippen molar-refractivity contribution < 1.29 is 9.90 Å². The Hall–Kier alpha value is -2.80. The average Bonchev–Trinajstić information content (AvgIpc) is 2.90. The average molecular weight is 348 g/mol. The number of aliphatic carboxylic acids is 1. The molecule has 0 atom stereocenters. The summed E-state index contributed by atoms with van der Waals surface area (Å²) in [7, 11) is 2.94. The fraction of sp³-hybridized carbons (Fsp3) is 0.188. The monoisotopic (exact) mass is 347 g/mol. The summed E-state index contributed by atoms with van der Waals surface area (Å²) in [6.45, 7) is -0.329. The molecule has 24 heavy (non-hydrogen) atoms. The van der Waals surface area contributed by atoms with Gasteiger partial charge in [0, 0.05) is 25.3 Å². The van der Waals surface area contributed by atoms with Crippen molar-refractivity contribution in [1.29, 1.82) is 0 Å². The third-order valence-electron chi connectivity index (χ3n) is 3.94. The number of hydrogen-bond donors (Lipinski definition) is 1. The van der Waals surface area contributed by atoms with Gasteiger partial charge in [0.05, 0.1) is 16.6 Å². The number of rotatable bonds is 3. The highest BCUT2D eigenvalue weighted by Gasteiger charge is 2.20. The van der Waals surface area contributed by atoms with Crippen LogP contribution >= 0.6 is 11.6 Å². The maximum absolute atomic E-state index is 12.6. The first-order valence-corrected chi connectivity index (χ1v) is 7.45. The summed E-state index contributed by atoms with van der Waals surface area (Å²) in [5.74, 6) is -1.05. The van der Waals surface area contributed by atoms with Crippen molar-refractivity contribution in [3.05, 3.63) is 56.3 Å². The lowest BCUT2D eigenvalue weighted by atomic mass is 10.1. The third kappa shape index (κ3) is 2.43. The van der Waals surface area contributed by atoms with Gasteiger partial charge in [-0.2, -0.15) is 0 Å². The van der Waals surface area contributed by atoms with Crippen LogP contribution in [0.3, 0.4) is 0 Å². The molecule has 0 aliphatic heterocycles. The van der Waals surface area contributed by atoms with Crippen LogP contribution in [-0.2, 0) is 25.4 Å². The molecule has 0 amide bonds. The van der Waals surface area contributed by atoms with E-state index in [0.717, 1.165) is 4.57 Å². The fourth-order valence-corrected chi connectivity index (χ4v) is 2.90. The van der Waals surface area contributed by atoms with Gasteiger partial charge in [-0.05, 0) is 17.7 Å². The van der Waals surface area contributed by atoms with E-state index < -0.39 is 17.2 Å². The highest BCUT2D eigenvalue weighted by molar-refractivity contribution is 6.30. The van der Waals surface area contributed by atoms with Crippen molar-refractivity contribution in [2.24, 2.45) is 14.1 Å². The Bertz CT molecular complexity index is 1070. The van der Waals surface area contributed by atoms with Crippen LogP contribution in [0.15, 0.2) is 40.1 Å². The van der Waals surface area contributed by atoms with Crippen LogP contribution in [0, 0.1) is 0 Å². The van der Waals surface area contributed by atoms with Crippen LogP contribution < -0.4 is 11.2 Å². The zero-order valence-electron chi connectivity index (χ0n) is 13.0. The lowest BCUT2D eigenvalue weighted by molar-refractivity contribution is -0.137. The Morgan fingerprint density at radius 2 is 1.75 bits per heavy atom. The molecule has 1 N–H and O–H groups in total. The van der Waals surface area contributed by atoms with Crippen LogP contribution in [0.4, 0.5) is 0 Å². The molecule has 2 heterocycles. The molecule has 0 saturated heterocycles. The highest BCUT2D eigenvalue weighted by Crippen LogP contribution is 2.28. The predicted molar refractivity (Wildman–Crippen MR) is 90.5 cm³/mol. The molecule has 8 heteroatoms. The molecular formula is C16H14ClN3O4. The lowest BCUT2D eigenvalue weighted by Gasteiger charge is -2.08. The second-order valence-electron chi connectivity index (χ2n) is 5.47. The number of nitrogens with zero attached hydrogens (tertiary/aromatic N) is 3. The third-order valence-corrected chi connectivity index (χ3v) is 4.19. The molecule has 0 spiro atoms. The van der Waals surface area contributed by atoms with Gasteiger partial charge in [0.1, 0.15) is 6.54 Å². The van der Waals surface area contributed by atoms with E-state index in [4.69, 9.17) is 16.7 Å². The molecule has 0 fully saturated rings. The number of aryl methyl sites for hydroxylation is 1. The van der Waals surface area contributed by atoms with Crippen molar-refractivity contribution in [1.82, 2.24) is 13.7 Å². The molecule has 0 radical (unpaired) electrons. The van der Waals surface area contributed by atoms with E-state index in [1.165, 1.54) is 22.4 Å². The molecular weight excluding hydrogens is 334 g/mol. The summed E-state index contributed by atoms with van der Waals surface area (Å²) in [5.41, 5.74) is 0.533. The summed E-state index contributed by atoms with van der Waals surface area (Å²) in [6.07, 6.45) is 1.51. The Morgan fingerprint density at radius 3 is 2.33 bits per heavy atom. The first-order valence-electron chi connectivity index (χ1n) is 7.08. The van der Waals surface area contributed by atoms with E-state index in [1.807, 2.05) is 0 Å². The van der Waals surface area contributed by atoms with Gasteiger partial charge in [-0.1, -0.05) is 23.7 Å². The Labute approximate surface area is 140 Å². The maximum atomic E-state index is 12.6. The number of carboxylic acid groups (broad SMARTS) is 1. The van der Waals surface area contributed by atoms with E-state index in [-0.39, 0.29) is 6.54 Å². The Morgan fingerprint density at radius 1 is 1.12 bits per heavy atom. The van der Waals surface area contributed by atoms with Crippen molar-refractivity contribution in [2.45, 2.75) is 6.54 Å². The minimum atomic E-state index is -1.05. The molecule has 124 valence electrons. The van der Waals surface area contributed by atoms with Crippen LogP contribution in [0.2, 0.25) is 5.02 Å². The van der Waals surface area contributed by atoms with E-state index in [9.17, 15) is 14.4 Å². The number of aromatic nitrogens is 3. The molecule has 0 saturated carbocycles. The smallest absolute Gasteiger partial charge is 0.330 e. The van der Waals surface area contributed by atoms with Crippen molar-refractivity contribution in [3.63, 3.8) is 0 Å². The van der Waals surface area contributed by atoms with Gasteiger partial charge in [-0.25, -0.2) is 4.79 Å². The lowest BCUT2D eigenvalue weighted by Crippen LogP contribution is -2.36. The number of halogens is 1. The predicted octanol–water partition coefficient (Wildman–Crippen LogP) is 1.44. The van der Waals surface area contributed by atoms with Crippen LogP contribution in [0.25, 0.3) is 22.2 Å². The SMILES string of the molecule is Cn1c(=O)c2c(-c3ccc(Cl)cc3)n(CC(=O)O)cc2n(C)c1=O. The zero-order chi connectivity index (χ0) is 17.6. The molecule has 2 aromatic heterocycles. The number of benzene rings is 1. The molecule has 7 nitrogen and oxygen atoms in total. The summed E-state index contributed by atoms with van der Waals surface area (Å²) < 4.78 is 3.79. The number of fused-ring (bicyclic) bond motifs is 1. The molecule has 0 unspecified atom stereocenters. The summed E-state index contributed by atoms with van der Waals surface area (Å²) in [4.78, 5) is 35.9. The minimum Gasteiger partial charge on any atom is -0.480 e. The van der Waals surface area contributed by atoms with Crippen molar-refractivity contribution in [3.8, 4) is 11.3 Å². The zero-order valence-corrected chi connectivity index (χ0v) is 13.7. The first kappa shape index (κ1) is 16.1. The standard InChI is InChI=1S/C16H14ClN3O4/c1-18-11-7-20(8-12(21)22)14(9-3-5-10(17)6-4-9)13(11)15(23)19(2)16(18)24/h3-7H,8H2,1-2H3,(H,21,22). The summed E-state index contributed by atoms with van der Waals surface area (Å²) in [5, 5.41) is 9.98. The number of carboxylic acids is 1. The number of carbonyl (C=O) groups is 1. The van der Waals surface area contributed by atoms with E-state index in [1.54, 1.807) is 31.3 Å². The minimum absolute atomic E-state index is 0.295. The second-order valence-corrected chi connectivity index (χ2v) is 5.91. The normalized spacial score (nSPS) is 11.1. The summed E-state index contributed by atoms with van der Waals surface area (Å²) in [6, 6.07) is 6.74. The molecule has 0 bridgehead atoms. The topological polar surface area (TPSA) is 86.2 Å². The van der Waals surface area contributed by atoms with Crippen molar-refractivity contribution in [2.75, 3.05) is 0 Å². The second kappa shape index (κ2) is 5.68. The van der Waals surface area contributed by atoms with Gasteiger partial charge in [0.15, 0.2) is 0 Å². The summed E-state index contributed by atoms with van der Waals surface area (Å²) >= 11 is 5.91. The van der Waals surface area contributed by atoms with Gasteiger partial charge < -0.3 is 9.67 Å². The van der Waals surface area contributed by atoms with Gasteiger partial charge in [0.25, 0.3) is 5.56 Å². The van der Waals surface area contributed by atoms with E-state index in [2.05, 4.69) is 0 Å². The van der Waals surface area contributed by atoms with Crippen LogP contribution in [0.1, 0.15) is 0 Å². The quantitative estimate of drug-likeness (QED) is 0.776. The van der Waals surface area contributed by atoms with E-state index >= 15 is 0 Å². The Balaban J connectivity index is 2.48. The van der Waals surface area contributed by atoms with Gasteiger partial charge in [0.2, 0.25) is 0 Å². The molecule has 1 aromatic carbocycles. The van der Waals surface area contributed by atoms with Crippen LogP contribution in [-0.4, -0.2) is 24.8 Å². The van der Waals surface area contributed by atoms with E-state index in [0.29, 0.717) is 27.2 Å². The maximum Gasteiger partial charge on any atom is 0.330 e. The largest absolute Gasteiger partial charge is 0.480 e. The van der Waals surface area contributed by atoms with Crippen molar-refractivity contribution >= 4 is 28.5 Å². The molecule has 0 aliphatic rings. The van der Waals surface area contributed by atoms with Gasteiger partial charge >= 0.3 is 11.7 Å². The molecule has 3 aromatic rings. The molecule has 0 aliphatic carbocycles. The Kier molecular flexibility index (Phi) is 3.81. The highest BCUT2D eigenvalue weighted by atomic mass is 35.5. The van der Waals surface area contributed by atoms with Gasteiger partial charge in [-0.3, -0.25) is 18.7 Å². The fourth-order valence-electron chi connectivity index (χ4n) is 2.78. The van der Waals surface area contributed by atoms with Crippen LogP contribution in [0.5, 0.6) is 0 Å².